The van der Waals surface area contributed by atoms with Crippen LogP contribution in [-0.4, -0.2) is 23.5 Å². The molecule has 4 N–H and O–H groups in total. The molecule has 1 rings (SSSR count). The molecule has 1 unspecified atom stereocenters. The molecule has 0 saturated heterocycles. The molecule has 1 aromatic rings. The van der Waals surface area contributed by atoms with E-state index < -0.39 is 24.5 Å². The van der Waals surface area contributed by atoms with Crippen molar-refractivity contribution in [2.45, 2.75) is 6.04 Å². The quantitative estimate of drug-likeness (QED) is 0.655. The Balaban J connectivity index is 2.49. The van der Waals surface area contributed by atoms with Crippen molar-refractivity contribution in [3.8, 4) is 0 Å². The summed E-state index contributed by atoms with van der Waals surface area (Å²) in [6.07, 6.45) is 0. The Morgan fingerprint density at radius 2 is 2.36 bits per heavy atom. The minimum absolute atomic E-state index is 0.405. The molecule has 1 aromatic heterocycles. The van der Waals surface area contributed by atoms with E-state index in [4.69, 9.17) is 10.8 Å². The number of carboxylic acid groups (broad SMARTS) is 1. The van der Waals surface area contributed by atoms with Crippen LogP contribution in [0.5, 0.6) is 0 Å². The maximum atomic E-state index is 11.3. The van der Waals surface area contributed by atoms with E-state index in [2.05, 4.69) is 5.32 Å². The van der Waals surface area contributed by atoms with Crippen molar-refractivity contribution in [3.05, 3.63) is 22.4 Å². The SMILES string of the molecule is NC(C(=O)NCC(=O)O)c1cccs1. The number of hydrogen-bond acceptors (Lipinski definition) is 4. The Kier molecular flexibility index (Phi) is 3.61. The number of aliphatic carboxylic acids is 1. The predicted molar refractivity (Wildman–Crippen MR) is 51.9 cm³/mol. The van der Waals surface area contributed by atoms with E-state index in [0.29, 0.717) is 4.88 Å². The van der Waals surface area contributed by atoms with Gasteiger partial charge in [0.2, 0.25) is 5.91 Å². The summed E-state index contributed by atoms with van der Waals surface area (Å²) in [6.45, 7) is -0.405. The second-order valence-corrected chi connectivity index (χ2v) is 3.58. The zero-order valence-corrected chi connectivity index (χ0v) is 8.08. The van der Waals surface area contributed by atoms with E-state index in [0.717, 1.165) is 0 Å². The van der Waals surface area contributed by atoms with Gasteiger partial charge in [0.25, 0.3) is 0 Å². The fourth-order valence-electron chi connectivity index (χ4n) is 0.870. The Morgan fingerprint density at radius 1 is 1.64 bits per heavy atom. The van der Waals surface area contributed by atoms with Gasteiger partial charge in [-0.25, -0.2) is 0 Å². The second-order valence-electron chi connectivity index (χ2n) is 2.60. The minimum Gasteiger partial charge on any atom is -0.480 e. The lowest BCUT2D eigenvalue weighted by atomic mass is 10.2. The van der Waals surface area contributed by atoms with Crippen LogP contribution in [-0.2, 0) is 9.59 Å². The monoisotopic (exact) mass is 214 g/mol. The molecule has 0 spiro atoms. The van der Waals surface area contributed by atoms with Crippen LogP contribution < -0.4 is 11.1 Å². The molecule has 0 radical (unpaired) electrons. The molecule has 1 amide bonds. The zero-order valence-electron chi connectivity index (χ0n) is 7.27. The van der Waals surface area contributed by atoms with Crippen molar-refractivity contribution in [2.75, 3.05) is 6.54 Å². The summed E-state index contributed by atoms with van der Waals surface area (Å²) < 4.78 is 0. The molecule has 0 aliphatic heterocycles. The van der Waals surface area contributed by atoms with E-state index >= 15 is 0 Å². The van der Waals surface area contributed by atoms with Crippen molar-refractivity contribution in [1.82, 2.24) is 5.32 Å². The van der Waals surface area contributed by atoms with Crippen LogP contribution in [0.15, 0.2) is 17.5 Å². The highest BCUT2D eigenvalue weighted by Gasteiger charge is 2.16. The van der Waals surface area contributed by atoms with Crippen LogP contribution in [0, 0.1) is 0 Å². The zero-order chi connectivity index (χ0) is 10.6. The topological polar surface area (TPSA) is 92.4 Å². The Morgan fingerprint density at radius 3 is 2.86 bits per heavy atom. The molecule has 1 heterocycles. The average molecular weight is 214 g/mol. The smallest absolute Gasteiger partial charge is 0.322 e. The maximum Gasteiger partial charge on any atom is 0.322 e. The van der Waals surface area contributed by atoms with Crippen molar-refractivity contribution >= 4 is 23.2 Å². The first-order valence-corrected chi connectivity index (χ1v) is 4.77. The molecule has 1 atom stereocenters. The van der Waals surface area contributed by atoms with E-state index in [-0.39, 0.29) is 0 Å². The van der Waals surface area contributed by atoms with Crippen LogP contribution in [0.4, 0.5) is 0 Å². The van der Waals surface area contributed by atoms with Crippen LogP contribution in [0.2, 0.25) is 0 Å². The van der Waals surface area contributed by atoms with Crippen LogP contribution in [0.3, 0.4) is 0 Å². The minimum atomic E-state index is -1.09. The number of nitrogens with two attached hydrogens (primary N) is 1. The highest BCUT2D eigenvalue weighted by atomic mass is 32.1. The number of carbonyl (C=O) groups is 2. The number of hydrogen-bond donors (Lipinski definition) is 3. The first-order chi connectivity index (χ1) is 6.61. The summed E-state index contributed by atoms with van der Waals surface area (Å²) in [6, 6.07) is 2.73. The maximum absolute atomic E-state index is 11.3. The summed E-state index contributed by atoms with van der Waals surface area (Å²) in [5, 5.41) is 12.3. The molecular weight excluding hydrogens is 204 g/mol. The number of amides is 1. The predicted octanol–water partition coefficient (Wildman–Crippen LogP) is -0.0513. The van der Waals surface area contributed by atoms with Gasteiger partial charge in [0.15, 0.2) is 0 Å². The first-order valence-electron chi connectivity index (χ1n) is 3.89. The lowest BCUT2D eigenvalue weighted by Gasteiger charge is -2.08. The first kappa shape index (κ1) is 10.7. The summed E-state index contributed by atoms with van der Waals surface area (Å²) in [5.41, 5.74) is 5.57. The molecule has 5 nitrogen and oxygen atoms in total. The Labute approximate surface area is 84.5 Å². The van der Waals surface area contributed by atoms with E-state index in [1.807, 2.05) is 0 Å². The highest BCUT2D eigenvalue weighted by Crippen LogP contribution is 2.16. The normalized spacial score (nSPS) is 12.1. The third kappa shape index (κ3) is 2.82. The molecule has 0 aromatic carbocycles. The van der Waals surface area contributed by atoms with Gasteiger partial charge in [0.1, 0.15) is 12.6 Å². The average Bonchev–Trinajstić information content (AvgIpc) is 2.65. The van der Waals surface area contributed by atoms with Gasteiger partial charge >= 0.3 is 5.97 Å². The largest absolute Gasteiger partial charge is 0.480 e. The van der Waals surface area contributed by atoms with Gasteiger partial charge in [0.05, 0.1) is 0 Å². The third-order valence-electron chi connectivity index (χ3n) is 1.55. The van der Waals surface area contributed by atoms with Gasteiger partial charge in [0, 0.05) is 4.88 Å². The van der Waals surface area contributed by atoms with Gasteiger partial charge < -0.3 is 16.2 Å². The highest BCUT2D eigenvalue weighted by molar-refractivity contribution is 7.10. The van der Waals surface area contributed by atoms with E-state index in [9.17, 15) is 9.59 Å². The van der Waals surface area contributed by atoms with Crippen LogP contribution in [0.1, 0.15) is 10.9 Å². The molecule has 0 fully saturated rings. The molecule has 6 heteroatoms. The number of carboxylic acids is 1. The van der Waals surface area contributed by atoms with Crippen molar-refractivity contribution in [3.63, 3.8) is 0 Å². The molecular formula is C8H10N2O3S. The Bertz CT molecular complexity index is 323. The summed E-state index contributed by atoms with van der Waals surface area (Å²) in [5.74, 6) is -1.56. The molecule has 0 bridgehead atoms. The summed E-state index contributed by atoms with van der Waals surface area (Å²) in [4.78, 5) is 22.1. The van der Waals surface area contributed by atoms with Crippen molar-refractivity contribution < 1.29 is 14.7 Å². The number of rotatable bonds is 4. The molecule has 0 aliphatic carbocycles. The number of thiophene rings is 1. The van der Waals surface area contributed by atoms with Crippen LogP contribution >= 0.6 is 11.3 Å². The van der Waals surface area contributed by atoms with Crippen molar-refractivity contribution in [1.29, 1.82) is 0 Å². The molecule has 0 saturated carbocycles. The molecule has 14 heavy (non-hydrogen) atoms. The standard InChI is InChI=1S/C8H10N2O3S/c9-7(5-2-1-3-14-5)8(13)10-4-6(11)12/h1-3,7H,4,9H2,(H,10,13)(H,11,12). The summed E-state index contributed by atoms with van der Waals surface area (Å²) in [7, 11) is 0. The van der Waals surface area contributed by atoms with Gasteiger partial charge in [-0.3, -0.25) is 9.59 Å². The van der Waals surface area contributed by atoms with Crippen molar-refractivity contribution in [2.24, 2.45) is 5.73 Å². The fraction of sp³-hybridized carbons (Fsp3) is 0.250. The van der Waals surface area contributed by atoms with Gasteiger partial charge in [-0.1, -0.05) is 6.07 Å². The van der Waals surface area contributed by atoms with E-state index in [1.165, 1.54) is 11.3 Å². The Hall–Kier alpha value is -1.40. The second kappa shape index (κ2) is 4.73. The molecule has 76 valence electrons. The fourth-order valence-corrected chi connectivity index (χ4v) is 1.60. The number of nitrogens with one attached hydrogen (secondary N) is 1. The van der Waals surface area contributed by atoms with Gasteiger partial charge in [-0.05, 0) is 11.4 Å². The number of carbonyl (C=O) groups excluding carboxylic acids is 1. The molecule has 0 aliphatic rings. The van der Waals surface area contributed by atoms with Gasteiger partial charge in [-0.15, -0.1) is 11.3 Å². The van der Waals surface area contributed by atoms with Gasteiger partial charge in [-0.2, -0.15) is 0 Å². The lowest BCUT2D eigenvalue weighted by molar-refractivity contribution is -0.138. The summed E-state index contributed by atoms with van der Waals surface area (Å²) >= 11 is 1.36. The van der Waals surface area contributed by atoms with E-state index in [1.54, 1.807) is 17.5 Å². The third-order valence-corrected chi connectivity index (χ3v) is 2.50. The van der Waals surface area contributed by atoms with Crippen LogP contribution in [0.25, 0.3) is 0 Å². The lowest BCUT2D eigenvalue weighted by Crippen LogP contribution is -2.36.